The molecule has 2 heteroatoms. The number of hydrogen-bond donors (Lipinski definition) is 0. The van der Waals surface area contributed by atoms with Gasteiger partial charge < -0.3 is 9.80 Å². The molecule has 0 aromatic carbocycles. The lowest BCUT2D eigenvalue weighted by Gasteiger charge is -2.51. The lowest BCUT2D eigenvalue weighted by Crippen LogP contribution is -2.51. The molecule has 0 heterocycles. The lowest BCUT2D eigenvalue weighted by atomic mass is 9.64. The lowest BCUT2D eigenvalue weighted by molar-refractivity contribution is 0.00118. The Morgan fingerprint density at radius 1 is 0.794 bits per heavy atom. The van der Waals surface area contributed by atoms with E-state index in [4.69, 9.17) is 0 Å². The third-order valence-electron chi connectivity index (χ3n) is 6.93. The van der Waals surface area contributed by atoms with Crippen molar-refractivity contribution in [2.75, 3.05) is 32.7 Å². The normalized spacial score (nSPS) is 19.5. The summed E-state index contributed by atoms with van der Waals surface area (Å²) in [6.07, 6.45) is 12.0. The van der Waals surface area contributed by atoms with Gasteiger partial charge in [0.05, 0.1) is 0 Å². The van der Waals surface area contributed by atoms with Gasteiger partial charge in [-0.1, -0.05) is 110 Å². The van der Waals surface area contributed by atoms with Gasteiger partial charge in [0.1, 0.15) is 0 Å². The average molecular weight is 485 g/mol. The van der Waals surface area contributed by atoms with E-state index in [9.17, 15) is 0 Å². The van der Waals surface area contributed by atoms with E-state index in [2.05, 4.69) is 92.9 Å². The van der Waals surface area contributed by atoms with Gasteiger partial charge in [-0.2, -0.15) is 0 Å². The summed E-state index contributed by atoms with van der Waals surface area (Å²) in [6.45, 7) is 37.9. The van der Waals surface area contributed by atoms with Crippen molar-refractivity contribution in [3.05, 3.63) is 0 Å². The minimum absolute atomic E-state index is 0.564. The highest BCUT2D eigenvalue weighted by Crippen LogP contribution is 2.46. The van der Waals surface area contributed by atoms with Crippen LogP contribution in [0.3, 0.4) is 0 Å². The Hall–Kier alpha value is -0.0800. The van der Waals surface area contributed by atoms with Crippen LogP contribution in [0.5, 0.6) is 0 Å². The Morgan fingerprint density at radius 2 is 1.24 bits per heavy atom. The quantitative estimate of drug-likeness (QED) is 0.242. The molecule has 1 rings (SSSR count). The molecule has 0 N–H and O–H groups in total. The predicted octanol–water partition coefficient (Wildman–Crippen LogP) is 10.3. The first-order valence-electron chi connectivity index (χ1n) is 15.4. The Bertz CT molecular complexity index is 390. The largest absolute Gasteiger partial charge is 0.304 e. The van der Waals surface area contributed by atoms with Crippen molar-refractivity contribution in [2.45, 2.75) is 161 Å². The van der Waals surface area contributed by atoms with Crippen LogP contribution >= 0.6 is 0 Å². The van der Waals surface area contributed by atoms with Crippen LogP contribution in [0.15, 0.2) is 0 Å². The van der Waals surface area contributed by atoms with Crippen LogP contribution in [0.1, 0.15) is 155 Å². The maximum atomic E-state index is 2.74. The average Bonchev–Trinajstić information content (AvgIpc) is 2.76. The van der Waals surface area contributed by atoms with Crippen molar-refractivity contribution in [2.24, 2.45) is 16.7 Å². The van der Waals surface area contributed by atoms with Gasteiger partial charge in [0.15, 0.2) is 0 Å². The third-order valence-corrected chi connectivity index (χ3v) is 6.93. The van der Waals surface area contributed by atoms with Gasteiger partial charge in [0, 0.05) is 6.04 Å². The Kier molecular flexibility index (Phi) is 26.4. The molecule has 0 bridgehead atoms. The summed E-state index contributed by atoms with van der Waals surface area (Å²) >= 11 is 0. The van der Waals surface area contributed by atoms with Crippen molar-refractivity contribution in [3.63, 3.8) is 0 Å². The fourth-order valence-corrected chi connectivity index (χ4v) is 5.01. The van der Waals surface area contributed by atoms with E-state index >= 15 is 0 Å². The van der Waals surface area contributed by atoms with Crippen molar-refractivity contribution in [1.82, 2.24) is 9.80 Å². The highest BCUT2D eigenvalue weighted by molar-refractivity contribution is 4.96. The maximum absolute atomic E-state index is 2.74. The Balaban J connectivity index is -0.000000572. The Labute approximate surface area is 220 Å². The summed E-state index contributed by atoms with van der Waals surface area (Å²) in [5.41, 5.74) is 1.18. The molecule has 0 spiro atoms. The molecule has 1 aliphatic rings. The van der Waals surface area contributed by atoms with Crippen molar-refractivity contribution < 1.29 is 0 Å². The predicted molar refractivity (Wildman–Crippen MR) is 161 cm³/mol. The van der Waals surface area contributed by atoms with Crippen LogP contribution in [0.2, 0.25) is 0 Å². The van der Waals surface area contributed by atoms with Crippen LogP contribution < -0.4 is 0 Å². The molecule has 0 aliphatic heterocycles. The van der Waals surface area contributed by atoms with E-state index in [-0.39, 0.29) is 0 Å². The minimum Gasteiger partial charge on any atom is -0.304 e. The topological polar surface area (TPSA) is 6.48 Å². The highest BCUT2D eigenvalue weighted by Gasteiger charge is 2.42. The second kappa shape index (κ2) is 23.3. The fourth-order valence-electron chi connectivity index (χ4n) is 5.01. The standard InChI is InChI=1S/C18H38N2.C9H20.C3H8.C2H6/c1-6-11-19(9-4)14-10-18(5)15-17(16-18)20(12-7-2)13-8-3;1-6-9(4,5)7-8(2)3;1-3-2;1-2/h17H,6-16H2,1-5H3;8H,6-7H2,1-5H3;3H2,1-2H3;1-2H3. The van der Waals surface area contributed by atoms with Crippen molar-refractivity contribution >= 4 is 0 Å². The fraction of sp³-hybridized carbons (Fsp3) is 1.00. The van der Waals surface area contributed by atoms with Crippen LogP contribution in [0, 0.1) is 16.7 Å². The number of nitrogens with zero attached hydrogens (tertiary/aromatic N) is 2. The molecular formula is C32H72N2. The number of rotatable bonds is 14. The van der Waals surface area contributed by atoms with Gasteiger partial charge in [-0.05, 0) is 94.4 Å². The summed E-state index contributed by atoms with van der Waals surface area (Å²) in [7, 11) is 0. The van der Waals surface area contributed by atoms with Crippen LogP contribution in [0.25, 0.3) is 0 Å². The molecule has 1 fully saturated rings. The van der Waals surface area contributed by atoms with E-state index in [1.54, 1.807) is 0 Å². The zero-order valence-electron chi connectivity index (χ0n) is 26.9. The monoisotopic (exact) mass is 485 g/mol. The smallest absolute Gasteiger partial charge is 0.0106 e. The molecule has 1 aliphatic carbocycles. The molecule has 0 saturated heterocycles. The number of hydrogen-bond acceptors (Lipinski definition) is 2. The maximum Gasteiger partial charge on any atom is 0.0106 e. The van der Waals surface area contributed by atoms with E-state index in [1.807, 2.05) is 13.8 Å². The van der Waals surface area contributed by atoms with Crippen LogP contribution in [-0.4, -0.2) is 48.6 Å². The first kappa shape index (κ1) is 38.5. The zero-order valence-corrected chi connectivity index (χ0v) is 26.9. The zero-order chi connectivity index (χ0) is 27.2. The molecular weight excluding hydrogens is 412 g/mol. The van der Waals surface area contributed by atoms with Gasteiger partial charge in [-0.3, -0.25) is 0 Å². The van der Waals surface area contributed by atoms with Crippen molar-refractivity contribution in [3.8, 4) is 0 Å². The van der Waals surface area contributed by atoms with Gasteiger partial charge in [-0.25, -0.2) is 0 Å². The minimum atomic E-state index is 0.564. The van der Waals surface area contributed by atoms with E-state index in [0.29, 0.717) is 10.8 Å². The summed E-state index contributed by atoms with van der Waals surface area (Å²) in [4.78, 5) is 5.36. The van der Waals surface area contributed by atoms with Gasteiger partial charge in [0.25, 0.3) is 0 Å². The SMILES string of the molecule is CC.CCC.CCC(C)(C)CC(C)C.CCCN(CC)CCC1(C)CC(N(CCC)CCC)C1. The molecule has 34 heavy (non-hydrogen) atoms. The third kappa shape index (κ3) is 20.1. The second-order valence-corrected chi connectivity index (χ2v) is 11.9. The summed E-state index contributed by atoms with van der Waals surface area (Å²) in [5.74, 6) is 0.847. The van der Waals surface area contributed by atoms with Crippen molar-refractivity contribution in [1.29, 1.82) is 0 Å². The molecule has 0 aromatic heterocycles. The molecule has 0 aromatic rings. The summed E-state index contributed by atoms with van der Waals surface area (Å²) < 4.78 is 0. The van der Waals surface area contributed by atoms with E-state index < -0.39 is 0 Å². The molecule has 1 saturated carbocycles. The second-order valence-electron chi connectivity index (χ2n) is 11.9. The van der Waals surface area contributed by atoms with Crippen LogP contribution in [0.4, 0.5) is 0 Å². The first-order valence-corrected chi connectivity index (χ1v) is 15.4. The first-order chi connectivity index (χ1) is 16.0. The molecule has 0 amide bonds. The van der Waals surface area contributed by atoms with E-state index in [1.165, 1.54) is 90.5 Å². The summed E-state index contributed by atoms with van der Waals surface area (Å²) in [6, 6.07) is 0.876. The molecule has 2 nitrogen and oxygen atoms in total. The van der Waals surface area contributed by atoms with Gasteiger partial charge >= 0.3 is 0 Å². The van der Waals surface area contributed by atoms with E-state index in [0.717, 1.165) is 12.0 Å². The highest BCUT2D eigenvalue weighted by atomic mass is 15.2. The van der Waals surface area contributed by atoms with Gasteiger partial charge in [-0.15, -0.1) is 0 Å². The van der Waals surface area contributed by atoms with Crippen LogP contribution in [-0.2, 0) is 0 Å². The summed E-state index contributed by atoms with van der Waals surface area (Å²) in [5, 5.41) is 0. The molecule has 210 valence electrons. The van der Waals surface area contributed by atoms with Gasteiger partial charge in [0.2, 0.25) is 0 Å². The Morgan fingerprint density at radius 3 is 1.53 bits per heavy atom. The molecule has 0 unspecified atom stereocenters. The molecule has 0 atom stereocenters. The molecule has 0 radical (unpaired) electrons.